The predicted octanol–water partition coefficient (Wildman–Crippen LogP) is 3.20. The van der Waals surface area contributed by atoms with Crippen LogP contribution in [-0.2, 0) is 16.1 Å². The summed E-state index contributed by atoms with van der Waals surface area (Å²) in [6.45, 7) is 6.19. The minimum Gasteiger partial charge on any atom is -0.467 e. The number of furan rings is 1. The largest absolute Gasteiger partial charge is 0.467 e. The molecular weight excluding hydrogens is 378 g/mol. The van der Waals surface area contributed by atoms with Crippen molar-refractivity contribution >= 4 is 17.4 Å². The number of carbonyl (C=O) groups excluding carboxylic acids is 2. The van der Waals surface area contributed by atoms with Crippen LogP contribution in [-0.4, -0.2) is 59.7 Å². The molecule has 0 aliphatic carbocycles. The number of hydrogen-bond acceptors (Lipinski definition) is 5. The number of likely N-dealkylation sites (N-methyl/N-ethyl adjacent to an activating group) is 1. The number of imide groups is 1. The molecule has 0 N–H and O–H groups in total. The molecule has 1 saturated heterocycles. The Morgan fingerprint density at radius 3 is 2.43 bits per heavy atom. The normalized spacial score (nSPS) is 18.6. The first-order valence-electron chi connectivity index (χ1n) is 10.5. The number of aryl methyl sites for hydroxylation is 2. The van der Waals surface area contributed by atoms with Gasteiger partial charge in [0, 0.05) is 13.1 Å². The number of benzene rings is 1. The van der Waals surface area contributed by atoms with Crippen LogP contribution in [0.25, 0.3) is 5.57 Å². The second-order valence-electron chi connectivity index (χ2n) is 8.44. The van der Waals surface area contributed by atoms with E-state index in [0.29, 0.717) is 17.0 Å². The van der Waals surface area contributed by atoms with Crippen LogP contribution in [0.4, 0.5) is 0 Å². The summed E-state index contributed by atoms with van der Waals surface area (Å²) in [5, 5.41) is 0. The molecule has 1 aromatic heterocycles. The Morgan fingerprint density at radius 2 is 1.80 bits per heavy atom. The van der Waals surface area contributed by atoms with Crippen LogP contribution in [0.15, 0.2) is 46.7 Å². The van der Waals surface area contributed by atoms with Crippen molar-refractivity contribution in [2.24, 2.45) is 0 Å². The van der Waals surface area contributed by atoms with Crippen LogP contribution in [0.5, 0.6) is 0 Å². The van der Waals surface area contributed by atoms with Gasteiger partial charge in [0.15, 0.2) is 0 Å². The van der Waals surface area contributed by atoms with Crippen LogP contribution >= 0.6 is 0 Å². The standard InChI is InChI=1S/C24H29N3O3/c1-16-7-8-18(14-17(16)2)21-22(26(4)19-9-11-25(3)12-10-19)24(29)27(23(21)28)15-20-6-5-13-30-20/h5-8,13-14,19H,9-12,15H2,1-4H3. The van der Waals surface area contributed by atoms with Crippen molar-refractivity contribution < 1.29 is 14.0 Å². The zero-order valence-corrected chi connectivity index (χ0v) is 18.1. The van der Waals surface area contributed by atoms with Crippen molar-refractivity contribution in [1.82, 2.24) is 14.7 Å². The summed E-state index contributed by atoms with van der Waals surface area (Å²) >= 11 is 0. The second kappa shape index (κ2) is 8.11. The maximum atomic E-state index is 13.5. The fourth-order valence-corrected chi connectivity index (χ4v) is 4.31. The average Bonchev–Trinajstić information content (AvgIpc) is 3.32. The fourth-order valence-electron chi connectivity index (χ4n) is 4.31. The van der Waals surface area contributed by atoms with Crippen LogP contribution in [0.1, 0.15) is 35.3 Å². The molecule has 0 atom stereocenters. The topological polar surface area (TPSA) is 57.0 Å². The quantitative estimate of drug-likeness (QED) is 0.713. The molecule has 2 amide bonds. The Morgan fingerprint density at radius 1 is 1.07 bits per heavy atom. The Kier molecular flexibility index (Phi) is 5.52. The molecule has 0 saturated carbocycles. The summed E-state index contributed by atoms with van der Waals surface area (Å²) in [4.78, 5) is 32.6. The molecule has 2 aliphatic rings. The zero-order chi connectivity index (χ0) is 21.4. The summed E-state index contributed by atoms with van der Waals surface area (Å²) < 4.78 is 5.41. The summed E-state index contributed by atoms with van der Waals surface area (Å²) in [5.74, 6) is 0.0971. The van der Waals surface area contributed by atoms with E-state index >= 15 is 0 Å². The fraction of sp³-hybridized carbons (Fsp3) is 0.417. The van der Waals surface area contributed by atoms with E-state index in [1.807, 2.05) is 44.0 Å². The molecule has 30 heavy (non-hydrogen) atoms. The predicted molar refractivity (Wildman–Crippen MR) is 115 cm³/mol. The number of nitrogens with zero attached hydrogens (tertiary/aromatic N) is 3. The van der Waals surface area contributed by atoms with Gasteiger partial charge in [-0.3, -0.25) is 14.5 Å². The molecule has 2 aliphatic heterocycles. The van der Waals surface area contributed by atoms with E-state index in [9.17, 15) is 9.59 Å². The van der Waals surface area contributed by atoms with E-state index in [1.54, 1.807) is 18.4 Å². The Labute approximate surface area is 177 Å². The Hall–Kier alpha value is -2.86. The molecule has 0 spiro atoms. The van der Waals surface area contributed by atoms with E-state index in [-0.39, 0.29) is 24.4 Å². The van der Waals surface area contributed by atoms with Gasteiger partial charge in [0.05, 0.1) is 18.4 Å². The number of amides is 2. The molecule has 1 aromatic carbocycles. The highest BCUT2D eigenvalue weighted by Crippen LogP contribution is 2.35. The lowest BCUT2D eigenvalue weighted by Crippen LogP contribution is -2.43. The number of piperidine rings is 1. The van der Waals surface area contributed by atoms with Crippen LogP contribution in [0.3, 0.4) is 0 Å². The van der Waals surface area contributed by atoms with Crippen LogP contribution in [0, 0.1) is 13.8 Å². The lowest BCUT2D eigenvalue weighted by atomic mass is 9.97. The van der Waals surface area contributed by atoms with Gasteiger partial charge in [-0.15, -0.1) is 0 Å². The van der Waals surface area contributed by atoms with Crippen LogP contribution in [0.2, 0.25) is 0 Å². The van der Waals surface area contributed by atoms with Gasteiger partial charge in [-0.1, -0.05) is 18.2 Å². The van der Waals surface area contributed by atoms with E-state index in [0.717, 1.165) is 42.6 Å². The first-order valence-corrected chi connectivity index (χ1v) is 10.5. The Balaban J connectivity index is 1.74. The van der Waals surface area contributed by atoms with Crippen molar-refractivity contribution in [2.45, 2.75) is 39.3 Å². The number of likely N-dealkylation sites (tertiary alicyclic amines) is 1. The van der Waals surface area contributed by atoms with E-state index < -0.39 is 0 Å². The minimum absolute atomic E-state index is 0.143. The Bertz CT molecular complexity index is 985. The summed E-state index contributed by atoms with van der Waals surface area (Å²) in [6, 6.07) is 9.75. The van der Waals surface area contributed by atoms with Gasteiger partial charge >= 0.3 is 0 Å². The number of carbonyl (C=O) groups is 2. The van der Waals surface area contributed by atoms with Gasteiger partial charge in [-0.25, -0.2) is 0 Å². The maximum absolute atomic E-state index is 13.5. The minimum atomic E-state index is -0.255. The van der Waals surface area contributed by atoms with Gasteiger partial charge in [-0.05, 0) is 75.6 Å². The highest BCUT2D eigenvalue weighted by Gasteiger charge is 2.42. The highest BCUT2D eigenvalue weighted by atomic mass is 16.3. The molecule has 2 aromatic rings. The SMILES string of the molecule is Cc1ccc(C2=C(N(C)C3CCN(C)CC3)C(=O)N(Cc3ccco3)C2=O)cc1C. The number of hydrogen-bond donors (Lipinski definition) is 0. The van der Waals surface area contributed by atoms with Crippen molar-refractivity contribution in [1.29, 1.82) is 0 Å². The van der Waals surface area contributed by atoms with Gasteiger partial charge in [-0.2, -0.15) is 0 Å². The van der Waals surface area contributed by atoms with Crippen molar-refractivity contribution in [3.8, 4) is 0 Å². The summed E-state index contributed by atoms with van der Waals surface area (Å²) in [7, 11) is 4.07. The first-order chi connectivity index (χ1) is 14.4. The molecule has 4 rings (SSSR count). The number of rotatable bonds is 5. The van der Waals surface area contributed by atoms with E-state index in [2.05, 4.69) is 11.9 Å². The molecule has 1 fully saturated rings. The van der Waals surface area contributed by atoms with Gasteiger partial charge in [0.1, 0.15) is 11.5 Å². The first kappa shape index (κ1) is 20.4. The molecule has 6 heteroatoms. The van der Waals surface area contributed by atoms with Crippen molar-refractivity contribution in [3.05, 3.63) is 64.7 Å². The average molecular weight is 408 g/mol. The van der Waals surface area contributed by atoms with Crippen LogP contribution < -0.4 is 0 Å². The highest BCUT2D eigenvalue weighted by molar-refractivity contribution is 6.35. The van der Waals surface area contributed by atoms with E-state index in [4.69, 9.17) is 4.42 Å². The molecule has 0 radical (unpaired) electrons. The molecule has 6 nitrogen and oxygen atoms in total. The maximum Gasteiger partial charge on any atom is 0.278 e. The summed E-state index contributed by atoms with van der Waals surface area (Å²) in [5.41, 5.74) is 4.06. The molecule has 0 unspecified atom stereocenters. The molecule has 3 heterocycles. The lowest BCUT2D eigenvalue weighted by Gasteiger charge is -2.36. The smallest absolute Gasteiger partial charge is 0.278 e. The monoisotopic (exact) mass is 407 g/mol. The molecule has 158 valence electrons. The van der Waals surface area contributed by atoms with Gasteiger partial charge in [0.25, 0.3) is 11.8 Å². The van der Waals surface area contributed by atoms with Crippen molar-refractivity contribution in [2.75, 3.05) is 27.2 Å². The van der Waals surface area contributed by atoms with Gasteiger partial charge in [0.2, 0.25) is 0 Å². The third-order valence-electron chi connectivity index (χ3n) is 6.42. The van der Waals surface area contributed by atoms with Crippen molar-refractivity contribution in [3.63, 3.8) is 0 Å². The van der Waals surface area contributed by atoms with E-state index in [1.165, 1.54) is 4.90 Å². The molecule has 0 bridgehead atoms. The third kappa shape index (κ3) is 3.67. The zero-order valence-electron chi connectivity index (χ0n) is 18.1. The van der Waals surface area contributed by atoms with Gasteiger partial charge < -0.3 is 14.2 Å². The lowest BCUT2D eigenvalue weighted by molar-refractivity contribution is -0.138. The third-order valence-corrected chi connectivity index (χ3v) is 6.42. The summed E-state index contributed by atoms with van der Waals surface area (Å²) in [6.07, 6.45) is 3.50. The molecular formula is C24H29N3O3. The second-order valence-corrected chi connectivity index (χ2v) is 8.44.